The summed E-state index contributed by atoms with van der Waals surface area (Å²) in [5.41, 5.74) is 3.06. The normalized spacial score (nSPS) is 10.3. The van der Waals surface area contributed by atoms with E-state index in [1.807, 2.05) is 29.6 Å². The summed E-state index contributed by atoms with van der Waals surface area (Å²) in [4.78, 5) is 11.1. The molecule has 0 spiro atoms. The first-order chi connectivity index (χ1) is 7.18. The van der Waals surface area contributed by atoms with E-state index in [0.717, 1.165) is 15.6 Å². The predicted octanol–water partition coefficient (Wildman–Crippen LogP) is 4.38. The van der Waals surface area contributed by atoms with E-state index < -0.39 is 0 Å². The number of Topliss-reactive ketones (excluding diaryl/α,β-unsaturated/α-hetero) is 1. The van der Waals surface area contributed by atoms with Gasteiger partial charge in [-0.25, -0.2) is 0 Å². The molecular formula is C12H9BrOS. The quantitative estimate of drug-likeness (QED) is 0.746. The average Bonchev–Trinajstić information content (AvgIpc) is 2.65. The molecule has 2 rings (SSSR count). The van der Waals surface area contributed by atoms with Crippen LogP contribution in [-0.4, -0.2) is 5.78 Å². The van der Waals surface area contributed by atoms with E-state index >= 15 is 0 Å². The van der Waals surface area contributed by atoms with Crippen LogP contribution in [0.3, 0.4) is 0 Å². The summed E-state index contributed by atoms with van der Waals surface area (Å²) in [6, 6.07) is 7.68. The summed E-state index contributed by atoms with van der Waals surface area (Å²) in [6.45, 7) is 1.58. The van der Waals surface area contributed by atoms with Gasteiger partial charge in [-0.2, -0.15) is 11.3 Å². The first kappa shape index (κ1) is 10.6. The third-order valence-corrected chi connectivity index (χ3v) is 3.92. The van der Waals surface area contributed by atoms with Crippen molar-refractivity contribution in [3.8, 4) is 11.1 Å². The van der Waals surface area contributed by atoms with Crippen LogP contribution in [0.1, 0.15) is 17.3 Å². The lowest BCUT2D eigenvalue weighted by Crippen LogP contribution is -1.90. The summed E-state index contributed by atoms with van der Waals surface area (Å²) in [5.74, 6) is 0.103. The Kier molecular flexibility index (Phi) is 3.03. The van der Waals surface area contributed by atoms with Gasteiger partial charge >= 0.3 is 0 Å². The van der Waals surface area contributed by atoms with Gasteiger partial charge in [0.2, 0.25) is 0 Å². The molecule has 0 saturated heterocycles. The van der Waals surface area contributed by atoms with E-state index in [1.54, 1.807) is 18.3 Å². The second kappa shape index (κ2) is 4.29. The molecule has 0 atom stereocenters. The van der Waals surface area contributed by atoms with Crippen molar-refractivity contribution in [3.63, 3.8) is 0 Å². The van der Waals surface area contributed by atoms with Crippen LogP contribution in [0.25, 0.3) is 11.1 Å². The van der Waals surface area contributed by atoms with Gasteiger partial charge < -0.3 is 0 Å². The molecule has 0 bridgehead atoms. The molecule has 1 aromatic carbocycles. The van der Waals surface area contributed by atoms with Crippen LogP contribution < -0.4 is 0 Å². The molecule has 0 fully saturated rings. The molecule has 0 N–H and O–H groups in total. The SMILES string of the molecule is CC(=O)c1ccc(-c2cscc2Br)cc1. The largest absolute Gasteiger partial charge is 0.295 e. The molecule has 1 aromatic heterocycles. The van der Waals surface area contributed by atoms with E-state index in [1.165, 1.54) is 5.56 Å². The fourth-order valence-electron chi connectivity index (χ4n) is 1.37. The van der Waals surface area contributed by atoms with Crippen molar-refractivity contribution in [2.75, 3.05) is 0 Å². The van der Waals surface area contributed by atoms with Gasteiger partial charge in [-0.05, 0) is 33.8 Å². The molecule has 2 aromatic rings. The van der Waals surface area contributed by atoms with Gasteiger partial charge in [0, 0.05) is 21.0 Å². The first-order valence-corrected chi connectivity index (χ1v) is 6.25. The van der Waals surface area contributed by atoms with Crippen LogP contribution in [-0.2, 0) is 0 Å². The summed E-state index contributed by atoms with van der Waals surface area (Å²) < 4.78 is 1.10. The molecule has 0 amide bonds. The van der Waals surface area contributed by atoms with Crippen molar-refractivity contribution in [1.29, 1.82) is 0 Å². The van der Waals surface area contributed by atoms with Crippen molar-refractivity contribution in [2.24, 2.45) is 0 Å². The molecule has 0 radical (unpaired) electrons. The Morgan fingerprint density at radius 2 is 1.87 bits per heavy atom. The highest BCUT2D eigenvalue weighted by molar-refractivity contribution is 9.10. The third-order valence-electron chi connectivity index (χ3n) is 2.22. The Bertz CT molecular complexity index is 485. The summed E-state index contributed by atoms with van der Waals surface area (Å²) in [7, 11) is 0. The van der Waals surface area contributed by atoms with Gasteiger partial charge in [0.05, 0.1) is 0 Å². The minimum absolute atomic E-state index is 0.103. The van der Waals surface area contributed by atoms with Gasteiger partial charge in [0.25, 0.3) is 0 Å². The standard InChI is InChI=1S/C12H9BrOS/c1-8(14)9-2-4-10(5-3-9)11-6-15-7-12(11)13/h2-7H,1H3. The number of rotatable bonds is 2. The lowest BCUT2D eigenvalue weighted by molar-refractivity contribution is 0.101. The number of carbonyl (C=O) groups is 1. The Hall–Kier alpha value is -0.930. The molecule has 0 aliphatic rings. The highest BCUT2D eigenvalue weighted by Crippen LogP contribution is 2.31. The fourth-order valence-corrected chi connectivity index (χ4v) is 2.90. The van der Waals surface area contributed by atoms with E-state index in [0.29, 0.717) is 0 Å². The molecule has 1 heterocycles. The Labute approximate surface area is 101 Å². The van der Waals surface area contributed by atoms with Crippen LogP contribution in [0.2, 0.25) is 0 Å². The number of carbonyl (C=O) groups excluding carboxylic acids is 1. The van der Waals surface area contributed by atoms with Gasteiger partial charge in [-0.15, -0.1) is 0 Å². The van der Waals surface area contributed by atoms with E-state index in [9.17, 15) is 4.79 Å². The second-order valence-corrected chi connectivity index (χ2v) is 4.86. The number of hydrogen-bond acceptors (Lipinski definition) is 2. The van der Waals surface area contributed by atoms with Gasteiger partial charge in [0.15, 0.2) is 5.78 Å². The second-order valence-electron chi connectivity index (χ2n) is 3.27. The molecule has 0 unspecified atom stereocenters. The average molecular weight is 281 g/mol. The zero-order valence-corrected chi connectivity index (χ0v) is 10.6. The van der Waals surface area contributed by atoms with Crippen LogP contribution >= 0.6 is 27.3 Å². The number of hydrogen-bond donors (Lipinski definition) is 0. The van der Waals surface area contributed by atoms with Gasteiger partial charge in [-0.1, -0.05) is 24.3 Å². The van der Waals surface area contributed by atoms with Gasteiger partial charge in [-0.3, -0.25) is 4.79 Å². The predicted molar refractivity (Wildman–Crippen MR) is 67.5 cm³/mol. The fraction of sp³-hybridized carbons (Fsp3) is 0.0833. The van der Waals surface area contributed by atoms with Crippen molar-refractivity contribution in [1.82, 2.24) is 0 Å². The van der Waals surface area contributed by atoms with Crippen LogP contribution in [0, 0.1) is 0 Å². The topological polar surface area (TPSA) is 17.1 Å². The third kappa shape index (κ3) is 2.19. The number of ketones is 1. The van der Waals surface area contributed by atoms with Crippen molar-refractivity contribution in [3.05, 3.63) is 45.1 Å². The molecule has 76 valence electrons. The lowest BCUT2D eigenvalue weighted by atomic mass is 10.1. The zero-order valence-electron chi connectivity index (χ0n) is 8.16. The van der Waals surface area contributed by atoms with Crippen LogP contribution in [0.4, 0.5) is 0 Å². The molecule has 0 aliphatic carbocycles. The minimum atomic E-state index is 0.103. The monoisotopic (exact) mass is 280 g/mol. The summed E-state index contributed by atoms with van der Waals surface area (Å²) >= 11 is 5.15. The molecule has 3 heteroatoms. The maximum absolute atomic E-state index is 11.1. The van der Waals surface area contributed by atoms with Crippen LogP contribution in [0.15, 0.2) is 39.5 Å². The summed E-state index contributed by atoms with van der Waals surface area (Å²) in [5, 5.41) is 4.14. The Morgan fingerprint density at radius 1 is 1.20 bits per heavy atom. The molecule has 1 nitrogen and oxygen atoms in total. The highest BCUT2D eigenvalue weighted by Gasteiger charge is 2.04. The molecular weight excluding hydrogens is 272 g/mol. The van der Waals surface area contributed by atoms with E-state index in [-0.39, 0.29) is 5.78 Å². The molecule has 0 saturated carbocycles. The summed E-state index contributed by atoms with van der Waals surface area (Å²) in [6.07, 6.45) is 0. The van der Waals surface area contributed by atoms with Crippen molar-refractivity contribution < 1.29 is 4.79 Å². The smallest absolute Gasteiger partial charge is 0.159 e. The number of thiophene rings is 1. The maximum atomic E-state index is 11.1. The van der Waals surface area contributed by atoms with E-state index in [2.05, 4.69) is 21.3 Å². The maximum Gasteiger partial charge on any atom is 0.159 e. The van der Waals surface area contributed by atoms with Crippen molar-refractivity contribution in [2.45, 2.75) is 6.92 Å². The Balaban J connectivity index is 2.40. The first-order valence-electron chi connectivity index (χ1n) is 4.51. The highest BCUT2D eigenvalue weighted by atomic mass is 79.9. The van der Waals surface area contributed by atoms with Crippen LogP contribution in [0.5, 0.6) is 0 Å². The van der Waals surface area contributed by atoms with Gasteiger partial charge in [0.1, 0.15) is 0 Å². The minimum Gasteiger partial charge on any atom is -0.295 e. The van der Waals surface area contributed by atoms with E-state index in [4.69, 9.17) is 0 Å². The molecule has 15 heavy (non-hydrogen) atoms. The Morgan fingerprint density at radius 3 is 2.33 bits per heavy atom. The zero-order chi connectivity index (χ0) is 10.8. The van der Waals surface area contributed by atoms with Crippen molar-refractivity contribution >= 4 is 33.0 Å². The molecule has 0 aliphatic heterocycles. The lowest BCUT2D eigenvalue weighted by Gasteiger charge is -2.00. The number of benzene rings is 1. The number of halogens is 1.